The van der Waals surface area contributed by atoms with Crippen LogP contribution in [0.2, 0.25) is 0 Å². The highest BCUT2D eigenvalue weighted by atomic mass is 32.2. The minimum absolute atomic E-state index is 0.0929. The molecule has 0 aliphatic carbocycles. The molecule has 1 aliphatic rings. The third-order valence-electron chi connectivity index (χ3n) is 4.35. The Labute approximate surface area is 140 Å². The van der Waals surface area contributed by atoms with Crippen LogP contribution in [0.1, 0.15) is 30.6 Å². The summed E-state index contributed by atoms with van der Waals surface area (Å²) in [6.45, 7) is 3.53. The van der Waals surface area contributed by atoms with E-state index in [0.717, 1.165) is 18.2 Å². The van der Waals surface area contributed by atoms with Crippen molar-refractivity contribution in [2.75, 3.05) is 26.0 Å². The summed E-state index contributed by atoms with van der Waals surface area (Å²) < 4.78 is 42.7. The number of hydrogen-bond donors (Lipinski definition) is 0. The van der Waals surface area contributed by atoms with Crippen molar-refractivity contribution < 1.29 is 27.1 Å². The van der Waals surface area contributed by atoms with Crippen LogP contribution in [0.5, 0.6) is 0 Å². The second kappa shape index (κ2) is 6.51. The SMILES string of the molecule is CCS(=O)(=O)c1ccc(F)c(C(=O)N2CC[C@@](C)(C(=O)OC)C2)c1. The average molecular weight is 357 g/mol. The van der Waals surface area contributed by atoms with Gasteiger partial charge in [0.25, 0.3) is 5.91 Å². The molecule has 24 heavy (non-hydrogen) atoms. The molecule has 0 bridgehead atoms. The highest BCUT2D eigenvalue weighted by Gasteiger charge is 2.43. The number of ether oxygens (including phenoxy) is 1. The molecular weight excluding hydrogens is 337 g/mol. The van der Waals surface area contributed by atoms with Gasteiger partial charge in [0.2, 0.25) is 0 Å². The molecule has 0 saturated carbocycles. The van der Waals surface area contributed by atoms with Crippen molar-refractivity contribution in [2.24, 2.45) is 5.41 Å². The Morgan fingerprint density at radius 2 is 2.04 bits per heavy atom. The standard InChI is InChI=1S/C16H20FNO5S/c1-4-24(21,22)11-5-6-13(17)12(9-11)14(19)18-8-7-16(2,10-18)15(20)23-3/h5-6,9H,4,7-8,10H2,1-3H3/t16-/m1/s1. The molecule has 1 aliphatic heterocycles. The Morgan fingerprint density at radius 3 is 2.62 bits per heavy atom. The van der Waals surface area contributed by atoms with Crippen LogP contribution in [0.3, 0.4) is 0 Å². The molecule has 0 radical (unpaired) electrons. The number of likely N-dealkylation sites (tertiary alicyclic amines) is 1. The number of carbonyl (C=O) groups excluding carboxylic acids is 2. The molecule has 8 heteroatoms. The van der Waals surface area contributed by atoms with Gasteiger partial charge >= 0.3 is 5.97 Å². The monoisotopic (exact) mass is 357 g/mol. The number of nitrogens with zero attached hydrogens (tertiary/aromatic N) is 1. The van der Waals surface area contributed by atoms with Crippen LogP contribution in [0.15, 0.2) is 23.1 Å². The lowest BCUT2D eigenvalue weighted by Gasteiger charge is -2.22. The summed E-state index contributed by atoms with van der Waals surface area (Å²) >= 11 is 0. The van der Waals surface area contributed by atoms with Gasteiger partial charge in [-0.1, -0.05) is 6.92 Å². The van der Waals surface area contributed by atoms with Crippen LogP contribution in [0, 0.1) is 11.2 Å². The predicted molar refractivity (Wildman–Crippen MR) is 84.8 cm³/mol. The van der Waals surface area contributed by atoms with Gasteiger partial charge in [0.05, 0.1) is 28.7 Å². The van der Waals surface area contributed by atoms with Crippen LogP contribution < -0.4 is 0 Å². The molecule has 1 fully saturated rings. The first-order valence-corrected chi connectivity index (χ1v) is 9.20. The van der Waals surface area contributed by atoms with Gasteiger partial charge in [-0.15, -0.1) is 0 Å². The molecule has 0 aromatic heterocycles. The van der Waals surface area contributed by atoms with E-state index in [1.165, 1.54) is 18.9 Å². The smallest absolute Gasteiger partial charge is 0.313 e. The minimum Gasteiger partial charge on any atom is -0.469 e. The van der Waals surface area contributed by atoms with Gasteiger partial charge in [0.1, 0.15) is 5.82 Å². The van der Waals surface area contributed by atoms with Crippen molar-refractivity contribution in [1.82, 2.24) is 4.90 Å². The molecule has 0 N–H and O–H groups in total. The molecule has 132 valence electrons. The van der Waals surface area contributed by atoms with Crippen molar-refractivity contribution in [1.29, 1.82) is 0 Å². The van der Waals surface area contributed by atoms with E-state index in [1.807, 2.05) is 0 Å². The Bertz CT molecular complexity index is 777. The van der Waals surface area contributed by atoms with Crippen LogP contribution in [-0.4, -0.2) is 51.1 Å². The van der Waals surface area contributed by atoms with Crippen LogP contribution >= 0.6 is 0 Å². The molecule has 1 saturated heterocycles. The summed E-state index contributed by atoms with van der Waals surface area (Å²) in [5, 5.41) is 0. The van der Waals surface area contributed by atoms with Crippen molar-refractivity contribution in [3.63, 3.8) is 0 Å². The van der Waals surface area contributed by atoms with Gasteiger partial charge in [-0.3, -0.25) is 9.59 Å². The molecule has 1 amide bonds. The maximum Gasteiger partial charge on any atom is 0.313 e. The van der Waals surface area contributed by atoms with Crippen LogP contribution in [0.4, 0.5) is 4.39 Å². The third kappa shape index (κ3) is 3.28. The first-order chi connectivity index (χ1) is 11.1. The summed E-state index contributed by atoms with van der Waals surface area (Å²) in [6, 6.07) is 3.18. The van der Waals surface area contributed by atoms with Gasteiger partial charge in [-0.05, 0) is 31.5 Å². The van der Waals surface area contributed by atoms with Crippen molar-refractivity contribution >= 4 is 21.7 Å². The summed E-state index contributed by atoms with van der Waals surface area (Å²) in [4.78, 5) is 25.6. The average Bonchev–Trinajstić information content (AvgIpc) is 2.97. The normalized spacial score (nSPS) is 20.9. The Kier molecular flexibility index (Phi) is 4.98. The van der Waals surface area contributed by atoms with E-state index in [0.29, 0.717) is 6.42 Å². The number of methoxy groups -OCH3 is 1. The molecule has 1 heterocycles. The summed E-state index contributed by atoms with van der Waals surface area (Å²) in [5.74, 6) is -1.99. The van der Waals surface area contributed by atoms with Crippen molar-refractivity contribution in [3.05, 3.63) is 29.6 Å². The number of amides is 1. The molecule has 2 rings (SSSR count). The second-order valence-electron chi connectivity index (χ2n) is 6.07. The number of esters is 1. The maximum atomic E-state index is 14.0. The molecule has 1 atom stereocenters. The Morgan fingerprint density at radius 1 is 1.38 bits per heavy atom. The van der Waals surface area contributed by atoms with E-state index in [-0.39, 0.29) is 29.3 Å². The Balaban J connectivity index is 2.31. The molecule has 0 spiro atoms. The zero-order valence-electron chi connectivity index (χ0n) is 13.8. The molecular formula is C16H20FNO5S. The van der Waals surface area contributed by atoms with E-state index >= 15 is 0 Å². The number of benzene rings is 1. The number of hydrogen-bond acceptors (Lipinski definition) is 5. The highest BCUT2D eigenvalue weighted by molar-refractivity contribution is 7.91. The second-order valence-corrected chi connectivity index (χ2v) is 8.35. The summed E-state index contributed by atoms with van der Waals surface area (Å²) in [7, 11) is -2.27. The topological polar surface area (TPSA) is 80.8 Å². The number of carbonyl (C=O) groups is 2. The maximum absolute atomic E-state index is 14.0. The van der Waals surface area contributed by atoms with Gasteiger partial charge in [0, 0.05) is 13.1 Å². The highest BCUT2D eigenvalue weighted by Crippen LogP contribution is 2.32. The fourth-order valence-electron chi connectivity index (χ4n) is 2.75. The Hall–Kier alpha value is -1.96. The molecule has 6 nitrogen and oxygen atoms in total. The van der Waals surface area contributed by atoms with E-state index in [2.05, 4.69) is 0 Å². The quantitative estimate of drug-likeness (QED) is 0.604. The fraction of sp³-hybridized carbons (Fsp3) is 0.500. The molecule has 1 aromatic carbocycles. The van der Waals surface area contributed by atoms with Crippen molar-refractivity contribution in [3.8, 4) is 0 Å². The van der Waals surface area contributed by atoms with Gasteiger partial charge in [-0.25, -0.2) is 12.8 Å². The first kappa shape index (κ1) is 18.4. The fourth-order valence-corrected chi connectivity index (χ4v) is 3.65. The predicted octanol–water partition coefficient (Wildman–Crippen LogP) is 1.64. The lowest BCUT2D eigenvalue weighted by atomic mass is 9.90. The molecule has 1 aromatic rings. The number of rotatable bonds is 4. The van der Waals surface area contributed by atoms with E-state index in [1.54, 1.807) is 6.92 Å². The van der Waals surface area contributed by atoms with Gasteiger partial charge in [0.15, 0.2) is 9.84 Å². The largest absolute Gasteiger partial charge is 0.469 e. The van der Waals surface area contributed by atoms with Crippen LogP contribution in [0.25, 0.3) is 0 Å². The van der Waals surface area contributed by atoms with E-state index in [4.69, 9.17) is 4.74 Å². The van der Waals surface area contributed by atoms with Crippen LogP contribution in [-0.2, 0) is 19.4 Å². The molecule has 0 unspecified atom stereocenters. The first-order valence-electron chi connectivity index (χ1n) is 7.54. The zero-order chi connectivity index (χ0) is 18.1. The summed E-state index contributed by atoms with van der Waals surface area (Å²) in [6.07, 6.45) is 0.403. The third-order valence-corrected chi connectivity index (χ3v) is 6.08. The van der Waals surface area contributed by atoms with E-state index in [9.17, 15) is 22.4 Å². The minimum atomic E-state index is -3.55. The lowest BCUT2D eigenvalue weighted by Crippen LogP contribution is -2.36. The number of sulfone groups is 1. The number of halogens is 1. The lowest BCUT2D eigenvalue weighted by molar-refractivity contribution is -0.150. The zero-order valence-corrected chi connectivity index (χ0v) is 14.7. The van der Waals surface area contributed by atoms with E-state index < -0.39 is 32.9 Å². The summed E-state index contributed by atoms with van der Waals surface area (Å²) in [5.41, 5.74) is -1.15. The van der Waals surface area contributed by atoms with Crippen molar-refractivity contribution in [2.45, 2.75) is 25.2 Å². The van der Waals surface area contributed by atoms with Gasteiger partial charge in [-0.2, -0.15) is 0 Å². The van der Waals surface area contributed by atoms with Gasteiger partial charge < -0.3 is 9.64 Å².